The Bertz CT molecular complexity index is 1600. The fourth-order valence-electron chi connectivity index (χ4n) is 3.35. The smallest absolute Gasteiger partial charge is 0.324 e. The molecule has 0 saturated carbocycles. The third-order valence-electron chi connectivity index (χ3n) is 4.78. The molecule has 5 rings (SSSR count). The summed E-state index contributed by atoms with van der Waals surface area (Å²) in [5.41, 5.74) is -0.418. The summed E-state index contributed by atoms with van der Waals surface area (Å²) < 4.78 is 30.5. The minimum Gasteiger partial charge on any atom is -0.324 e. The minimum absolute atomic E-state index is 0.0422. The summed E-state index contributed by atoms with van der Waals surface area (Å²) >= 11 is 2.69. The van der Waals surface area contributed by atoms with E-state index in [1.54, 1.807) is 11.4 Å². The molecular formula is C20H13F2N5O3S2. The van der Waals surface area contributed by atoms with Gasteiger partial charge in [-0.1, -0.05) is 6.07 Å². The van der Waals surface area contributed by atoms with E-state index in [9.17, 15) is 23.2 Å². The Labute approximate surface area is 185 Å². The van der Waals surface area contributed by atoms with Crippen LogP contribution in [0.2, 0.25) is 0 Å². The Morgan fingerprint density at radius 2 is 1.91 bits per heavy atom. The van der Waals surface area contributed by atoms with E-state index in [4.69, 9.17) is 0 Å². The van der Waals surface area contributed by atoms with Gasteiger partial charge in [0.15, 0.2) is 11.6 Å². The van der Waals surface area contributed by atoms with Crippen LogP contribution in [0.4, 0.5) is 14.5 Å². The van der Waals surface area contributed by atoms with Crippen LogP contribution >= 0.6 is 22.7 Å². The molecule has 0 aliphatic carbocycles. The number of hydrogen-bond donors (Lipinski definition) is 1. The molecule has 0 bridgehead atoms. The van der Waals surface area contributed by atoms with E-state index in [0.29, 0.717) is 10.2 Å². The van der Waals surface area contributed by atoms with Crippen LogP contribution in [0, 0.1) is 11.6 Å². The van der Waals surface area contributed by atoms with Gasteiger partial charge >= 0.3 is 5.69 Å². The Balaban J connectivity index is 1.56. The molecule has 0 atom stereocenters. The molecule has 0 aliphatic heterocycles. The molecule has 0 aliphatic rings. The molecule has 4 aromatic heterocycles. The Morgan fingerprint density at radius 1 is 1.06 bits per heavy atom. The van der Waals surface area contributed by atoms with Crippen molar-refractivity contribution >= 4 is 50.3 Å². The van der Waals surface area contributed by atoms with Crippen molar-refractivity contribution in [1.82, 2.24) is 18.7 Å². The van der Waals surface area contributed by atoms with Crippen molar-refractivity contribution in [1.29, 1.82) is 0 Å². The van der Waals surface area contributed by atoms with Crippen molar-refractivity contribution in [3.05, 3.63) is 84.5 Å². The molecule has 12 heteroatoms. The monoisotopic (exact) mass is 473 g/mol. The molecule has 5 aromatic rings. The van der Waals surface area contributed by atoms with Crippen LogP contribution in [0.15, 0.2) is 56.7 Å². The summed E-state index contributed by atoms with van der Waals surface area (Å²) in [6, 6.07) is 8.32. The average Bonchev–Trinajstić information content (AvgIpc) is 3.49. The van der Waals surface area contributed by atoms with E-state index in [-0.39, 0.29) is 23.6 Å². The number of carbonyl (C=O) groups excluding carboxylic acids is 1. The van der Waals surface area contributed by atoms with Crippen molar-refractivity contribution in [3.63, 3.8) is 0 Å². The predicted octanol–water partition coefficient (Wildman–Crippen LogP) is 2.90. The number of nitrogens with one attached hydrogen (secondary N) is 1. The van der Waals surface area contributed by atoms with Crippen LogP contribution in [0.3, 0.4) is 0 Å². The maximum Gasteiger partial charge on any atom is 0.352 e. The fourth-order valence-corrected chi connectivity index (χ4v) is 4.87. The van der Waals surface area contributed by atoms with Gasteiger partial charge in [-0.2, -0.15) is 0 Å². The number of nitrogens with zero attached hydrogens (tertiary/aromatic N) is 4. The van der Waals surface area contributed by atoms with Gasteiger partial charge < -0.3 is 5.32 Å². The van der Waals surface area contributed by atoms with Crippen molar-refractivity contribution < 1.29 is 13.6 Å². The highest BCUT2D eigenvalue weighted by molar-refractivity contribution is 7.17. The number of thiophene rings is 2. The van der Waals surface area contributed by atoms with Gasteiger partial charge in [0.05, 0.1) is 12.1 Å². The number of anilines is 1. The normalized spacial score (nSPS) is 11.4. The largest absolute Gasteiger partial charge is 0.352 e. The summed E-state index contributed by atoms with van der Waals surface area (Å²) in [6.45, 7) is -0.246. The number of carbonyl (C=O) groups is 1. The van der Waals surface area contributed by atoms with Crippen LogP contribution < -0.4 is 16.6 Å². The first-order valence-corrected chi connectivity index (χ1v) is 11.0. The molecule has 8 nitrogen and oxygen atoms in total. The lowest BCUT2D eigenvalue weighted by molar-refractivity contribution is -0.117. The first-order valence-electron chi connectivity index (χ1n) is 9.29. The van der Waals surface area contributed by atoms with Gasteiger partial charge in [0.2, 0.25) is 11.7 Å². The van der Waals surface area contributed by atoms with Crippen molar-refractivity contribution in [3.8, 4) is 0 Å². The van der Waals surface area contributed by atoms with Crippen molar-refractivity contribution in [2.24, 2.45) is 0 Å². The predicted molar refractivity (Wildman–Crippen MR) is 118 cm³/mol. The zero-order valence-corrected chi connectivity index (χ0v) is 17.8. The number of rotatable bonds is 5. The zero-order valence-electron chi connectivity index (χ0n) is 16.1. The van der Waals surface area contributed by atoms with E-state index in [1.165, 1.54) is 37.7 Å². The molecular weight excluding hydrogens is 460 g/mol. The number of halogens is 2. The Kier molecular flexibility index (Phi) is 4.94. The highest BCUT2D eigenvalue weighted by Crippen LogP contribution is 2.19. The summed E-state index contributed by atoms with van der Waals surface area (Å²) in [4.78, 5) is 39.4. The summed E-state index contributed by atoms with van der Waals surface area (Å²) in [5, 5.41) is 10.2. The molecule has 0 saturated heterocycles. The van der Waals surface area contributed by atoms with E-state index in [1.807, 2.05) is 17.5 Å². The molecule has 0 unspecified atom stereocenters. The van der Waals surface area contributed by atoms with Gasteiger partial charge in [-0.15, -0.1) is 27.8 Å². The molecule has 0 radical (unpaired) electrons. The summed E-state index contributed by atoms with van der Waals surface area (Å²) in [7, 11) is 0. The van der Waals surface area contributed by atoms with Crippen LogP contribution in [-0.4, -0.2) is 24.7 Å². The maximum atomic E-state index is 13.4. The van der Waals surface area contributed by atoms with Gasteiger partial charge in [-0.05, 0) is 35.0 Å². The third-order valence-corrected chi connectivity index (χ3v) is 6.53. The van der Waals surface area contributed by atoms with Gasteiger partial charge in [-0.3, -0.25) is 14.2 Å². The standard InChI is InChI=1S/C20H13F2N5O3S2/c21-13-4-3-11(8-14(13)22)23-16(28)10-26-20(30)27-15-5-7-32-17(15)18(29)25(19(27)24-26)9-12-2-1-6-31-12/h1-8H,9-10H2,(H,23,28). The van der Waals surface area contributed by atoms with E-state index in [0.717, 1.165) is 21.7 Å². The first kappa shape index (κ1) is 20.3. The average molecular weight is 473 g/mol. The molecule has 1 N–H and O–H groups in total. The lowest BCUT2D eigenvalue weighted by Gasteiger charge is -2.06. The summed E-state index contributed by atoms with van der Waals surface area (Å²) in [6.07, 6.45) is 0. The van der Waals surface area contributed by atoms with Gasteiger partial charge in [0, 0.05) is 16.6 Å². The topological polar surface area (TPSA) is 90.4 Å². The van der Waals surface area contributed by atoms with Crippen LogP contribution in [0.25, 0.3) is 16.0 Å². The lowest BCUT2D eigenvalue weighted by Crippen LogP contribution is -2.29. The minimum atomic E-state index is -1.11. The zero-order chi connectivity index (χ0) is 22.4. The molecule has 1 amide bonds. The quantitative estimate of drug-likeness (QED) is 0.425. The SMILES string of the molecule is O=C(Cn1nc2n(Cc3cccs3)c(=O)c3sccc3n2c1=O)Nc1ccc(F)c(F)c1. The highest BCUT2D eigenvalue weighted by Gasteiger charge is 2.20. The first-order chi connectivity index (χ1) is 15.4. The molecule has 32 heavy (non-hydrogen) atoms. The van der Waals surface area contributed by atoms with Gasteiger partial charge in [-0.25, -0.2) is 22.7 Å². The highest BCUT2D eigenvalue weighted by atomic mass is 32.1. The molecule has 0 fully saturated rings. The van der Waals surface area contributed by atoms with Crippen molar-refractivity contribution in [2.75, 3.05) is 5.32 Å². The third kappa shape index (κ3) is 3.42. The van der Waals surface area contributed by atoms with Crippen LogP contribution in [-0.2, 0) is 17.9 Å². The number of hydrogen-bond acceptors (Lipinski definition) is 6. The summed E-state index contributed by atoms with van der Waals surface area (Å²) in [5.74, 6) is -2.69. The number of amides is 1. The second-order valence-electron chi connectivity index (χ2n) is 6.86. The maximum absolute atomic E-state index is 13.4. The Hall–Kier alpha value is -3.64. The van der Waals surface area contributed by atoms with Gasteiger partial charge in [0.1, 0.15) is 11.2 Å². The van der Waals surface area contributed by atoms with E-state index < -0.39 is 29.8 Å². The molecule has 4 heterocycles. The number of benzene rings is 1. The van der Waals surface area contributed by atoms with E-state index >= 15 is 0 Å². The van der Waals surface area contributed by atoms with Crippen molar-refractivity contribution in [2.45, 2.75) is 13.1 Å². The molecule has 1 aromatic carbocycles. The molecule has 162 valence electrons. The molecule has 0 spiro atoms. The second kappa shape index (κ2) is 7.80. The number of aromatic nitrogens is 4. The lowest BCUT2D eigenvalue weighted by atomic mass is 10.3. The number of fused-ring (bicyclic) bond motifs is 3. The van der Waals surface area contributed by atoms with Crippen LogP contribution in [0.5, 0.6) is 0 Å². The second-order valence-corrected chi connectivity index (χ2v) is 8.81. The Morgan fingerprint density at radius 3 is 2.66 bits per heavy atom. The van der Waals surface area contributed by atoms with E-state index in [2.05, 4.69) is 10.4 Å². The van der Waals surface area contributed by atoms with Gasteiger partial charge in [0.25, 0.3) is 5.56 Å². The fraction of sp³-hybridized carbons (Fsp3) is 0.100. The van der Waals surface area contributed by atoms with Crippen LogP contribution in [0.1, 0.15) is 4.88 Å².